The van der Waals surface area contributed by atoms with Crippen molar-refractivity contribution >= 4 is 41.1 Å². The van der Waals surface area contributed by atoms with E-state index in [2.05, 4.69) is 15.4 Å². The van der Waals surface area contributed by atoms with Gasteiger partial charge in [0.05, 0.1) is 5.02 Å². The van der Waals surface area contributed by atoms with E-state index in [1.165, 1.54) is 19.1 Å². The van der Waals surface area contributed by atoms with Crippen molar-refractivity contribution in [3.8, 4) is 5.75 Å². The van der Waals surface area contributed by atoms with Crippen molar-refractivity contribution < 1.29 is 37.4 Å². The number of carbonyl (C=O) groups excluding carboxylic acids is 4. The van der Waals surface area contributed by atoms with Gasteiger partial charge in [-0.05, 0) is 38.0 Å². The van der Waals surface area contributed by atoms with Gasteiger partial charge in [-0.15, -0.1) is 0 Å². The Labute approximate surface area is 181 Å². The third-order valence-electron chi connectivity index (χ3n) is 5.08. The van der Waals surface area contributed by atoms with Crippen molar-refractivity contribution in [3.05, 3.63) is 23.2 Å². The average molecular weight is 460 g/mol. The number of hydrogen-bond acceptors (Lipinski definition) is 6. The fourth-order valence-corrected chi connectivity index (χ4v) is 3.79. The van der Waals surface area contributed by atoms with Crippen LogP contribution in [0.15, 0.2) is 18.2 Å². The molecule has 4 amide bonds. The van der Waals surface area contributed by atoms with Crippen molar-refractivity contribution in [2.45, 2.75) is 50.9 Å². The van der Waals surface area contributed by atoms with E-state index in [9.17, 15) is 28.0 Å². The second kappa shape index (κ2) is 9.04. The molecule has 0 radical (unpaired) electrons. The van der Waals surface area contributed by atoms with Gasteiger partial charge >= 0.3 is 18.6 Å². The van der Waals surface area contributed by atoms with E-state index >= 15 is 0 Å². The SMILES string of the molecule is CC(OC(=O)CN1C(=O)NC2(CCCC2)C1=O)C(=O)Nc1ccc(OC(F)F)c(Cl)c1. The lowest BCUT2D eigenvalue weighted by Gasteiger charge is -2.20. The number of esters is 1. The average Bonchev–Trinajstić information content (AvgIpc) is 3.24. The van der Waals surface area contributed by atoms with E-state index in [0.717, 1.165) is 23.8 Å². The highest BCUT2D eigenvalue weighted by Crippen LogP contribution is 2.35. The van der Waals surface area contributed by atoms with Gasteiger partial charge in [0.25, 0.3) is 11.8 Å². The number of carbonyl (C=O) groups is 4. The first-order valence-electron chi connectivity index (χ1n) is 9.50. The summed E-state index contributed by atoms with van der Waals surface area (Å²) in [6.45, 7) is -2.37. The molecule has 168 valence electrons. The number of nitrogens with one attached hydrogen (secondary N) is 2. The van der Waals surface area contributed by atoms with Gasteiger partial charge in [0.1, 0.15) is 17.8 Å². The number of benzene rings is 1. The molecule has 2 fully saturated rings. The Morgan fingerprint density at radius 2 is 1.97 bits per heavy atom. The van der Waals surface area contributed by atoms with Crippen molar-refractivity contribution in [3.63, 3.8) is 0 Å². The lowest BCUT2D eigenvalue weighted by atomic mass is 9.98. The van der Waals surface area contributed by atoms with Crippen LogP contribution in [0.2, 0.25) is 5.02 Å². The third-order valence-corrected chi connectivity index (χ3v) is 5.38. The number of ether oxygens (including phenoxy) is 2. The predicted molar refractivity (Wildman–Crippen MR) is 104 cm³/mol. The minimum absolute atomic E-state index is 0.151. The molecule has 1 saturated heterocycles. The fraction of sp³-hybridized carbons (Fsp3) is 0.474. The molecular formula is C19H20ClF2N3O6. The number of halogens is 3. The Hall–Kier alpha value is -2.95. The number of hydrogen-bond donors (Lipinski definition) is 2. The number of amides is 4. The summed E-state index contributed by atoms with van der Waals surface area (Å²) in [6.07, 6.45) is 1.39. The molecule has 12 heteroatoms. The first kappa shape index (κ1) is 22.7. The van der Waals surface area contributed by atoms with Gasteiger partial charge in [0.15, 0.2) is 6.10 Å². The Balaban J connectivity index is 1.54. The van der Waals surface area contributed by atoms with E-state index in [1.807, 2.05) is 0 Å². The largest absolute Gasteiger partial charge is 0.451 e. The van der Waals surface area contributed by atoms with Crippen molar-refractivity contribution in [2.24, 2.45) is 0 Å². The lowest BCUT2D eigenvalue weighted by Crippen LogP contribution is -2.44. The summed E-state index contributed by atoms with van der Waals surface area (Å²) < 4.78 is 33.8. The molecule has 2 aliphatic rings. The molecule has 1 spiro atoms. The zero-order valence-electron chi connectivity index (χ0n) is 16.5. The molecule has 1 atom stereocenters. The monoisotopic (exact) mass is 459 g/mol. The minimum Gasteiger partial charge on any atom is -0.451 e. The molecule has 1 saturated carbocycles. The Kier molecular flexibility index (Phi) is 6.63. The molecule has 0 bridgehead atoms. The van der Waals surface area contributed by atoms with Crippen LogP contribution in [0.1, 0.15) is 32.6 Å². The van der Waals surface area contributed by atoms with E-state index in [1.54, 1.807) is 0 Å². The number of nitrogens with zero attached hydrogens (tertiary/aromatic N) is 1. The summed E-state index contributed by atoms with van der Waals surface area (Å²) >= 11 is 5.82. The van der Waals surface area contributed by atoms with Crippen LogP contribution in [0.5, 0.6) is 5.75 Å². The summed E-state index contributed by atoms with van der Waals surface area (Å²) in [6, 6.07) is 2.96. The van der Waals surface area contributed by atoms with Crippen LogP contribution < -0.4 is 15.4 Å². The molecule has 1 aromatic rings. The molecule has 3 rings (SSSR count). The molecule has 1 aromatic carbocycles. The van der Waals surface area contributed by atoms with Crippen molar-refractivity contribution in [2.75, 3.05) is 11.9 Å². The van der Waals surface area contributed by atoms with E-state index in [0.29, 0.717) is 12.8 Å². The van der Waals surface area contributed by atoms with Gasteiger partial charge in [0.2, 0.25) is 0 Å². The zero-order valence-corrected chi connectivity index (χ0v) is 17.2. The van der Waals surface area contributed by atoms with Gasteiger partial charge in [-0.1, -0.05) is 24.4 Å². The van der Waals surface area contributed by atoms with E-state index in [4.69, 9.17) is 16.3 Å². The molecule has 1 heterocycles. The summed E-state index contributed by atoms with van der Waals surface area (Å²) in [5.74, 6) is -2.39. The molecular weight excluding hydrogens is 440 g/mol. The number of urea groups is 1. The highest BCUT2D eigenvalue weighted by atomic mass is 35.5. The van der Waals surface area contributed by atoms with Crippen LogP contribution in [-0.4, -0.2) is 53.5 Å². The van der Waals surface area contributed by atoms with Crippen LogP contribution in [-0.2, 0) is 19.1 Å². The summed E-state index contributed by atoms with van der Waals surface area (Å²) in [7, 11) is 0. The molecule has 1 aliphatic carbocycles. The first-order valence-corrected chi connectivity index (χ1v) is 9.88. The van der Waals surface area contributed by atoms with E-state index < -0.39 is 48.6 Å². The molecule has 1 aliphatic heterocycles. The standard InChI is InChI=1S/C19H20ClF2N3O6/c1-10(15(27)23-11-4-5-13(12(20)8-11)31-17(21)22)30-14(26)9-25-16(28)19(24-18(25)29)6-2-3-7-19/h4-5,8,10,17H,2-3,6-7,9H2,1H3,(H,23,27)(H,24,29). The Morgan fingerprint density at radius 3 is 2.58 bits per heavy atom. The second-order valence-corrected chi connectivity index (χ2v) is 7.66. The third kappa shape index (κ3) is 5.04. The topological polar surface area (TPSA) is 114 Å². The predicted octanol–water partition coefficient (Wildman–Crippen LogP) is 2.68. The van der Waals surface area contributed by atoms with Crippen molar-refractivity contribution in [1.82, 2.24) is 10.2 Å². The number of alkyl halides is 2. The molecule has 1 unspecified atom stereocenters. The Bertz CT molecular complexity index is 907. The summed E-state index contributed by atoms with van der Waals surface area (Å²) in [4.78, 5) is 49.9. The maximum atomic E-state index is 12.5. The van der Waals surface area contributed by atoms with Gasteiger partial charge in [-0.3, -0.25) is 19.3 Å². The van der Waals surface area contributed by atoms with Crippen LogP contribution in [0.3, 0.4) is 0 Å². The quantitative estimate of drug-likeness (QED) is 0.478. The number of imide groups is 1. The fourth-order valence-electron chi connectivity index (χ4n) is 3.57. The highest BCUT2D eigenvalue weighted by molar-refractivity contribution is 6.32. The summed E-state index contributed by atoms with van der Waals surface area (Å²) in [5, 5.41) is 4.91. The lowest BCUT2D eigenvalue weighted by molar-refractivity contribution is -0.155. The van der Waals surface area contributed by atoms with Crippen LogP contribution in [0, 0.1) is 0 Å². The zero-order chi connectivity index (χ0) is 22.8. The smallest absolute Gasteiger partial charge is 0.387 e. The highest BCUT2D eigenvalue weighted by Gasteiger charge is 2.52. The van der Waals surface area contributed by atoms with Crippen LogP contribution in [0.25, 0.3) is 0 Å². The molecule has 0 aromatic heterocycles. The van der Waals surface area contributed by atoms with Gasteiger partial charge in [-0.25, -0.2) is 4.79 Å². The summed E-state index contributed by atoms with van der Waals surface area (Å²) in [5.41, 5.74) is -0.781. The van der Waals surface area contributed by atoms with Gasteiger partial charge in [0, 0.05) is 5.69 Å². The Morgan fingerprint density at radius 1 is 1.29 bits per heavy atom. The van der Waals surface area contributed by atoms with Crippen LogP contribution in [0.4, 0.5) is 19.3 Å². The normalized spacial score (nSPS) is 18.3. The maximum absolute atomic E-state index is 12.5. The second-order valence-electron chi connectivity index (χ2n) is 7.26. The first-order chi connectivity index (χ1) is 14.6. The minimum atomic E-state index is -3.05. The van der Waals surface area contributed by atoms with E-state index in [-0.39, 0.29) is 16.5 Å². The number of anilines is 1. The maximum Gasteiger partial charge on any atom is 0.387 e. The van der Waals surface area contributed by atoms with Gasteiger partial charge < -0.3 is 20.1 Å². The molecule has 2 N–H and O–H groups in total. The molecule has 9 nitrogen and oxygen atoms in total. The molecule has 31 heavy (non-hydrogen) atoms. The van der Waals surface area contributed by atoms with Crippen molar-refractivity contribution in [1.29, 1.82) is 0 Å². The number of rotatable bonds is 7. The van der Waals surface area contributed by atoms with Crippen LogP contribution >= 0.6 is 11.6 Å². The van der Waals surface area contributed by atoms with Gasteiger partial charge in [-0.2, -0.15) is 8.78 Å².